The minimum Gasteiger partial charge on any atom is -0.508 e. The quantitative estimate of drug-likeness (QED) is 0.847. The summed E-state index contributed by atoms with van der Waals surface area (Å²) in [7, 11) is 0. The SMILES string of the molecule is CC1CC(C)CC(NC2CCCc3ccc(O)cc32)C1. The molecule has 2 heteroatoms. The van der Waals surface area contributed by atoms with Gasteiger partial charge < -0.3 is 10.4 Å². The lowest BCUT2D eigenvalue weighted by Gasteiger charge is -2.36. The van der Waals surface area contributed by atoms with Crippen LogP contribution in [0.2, 0.25) is 0 Å². The van der Waals surface area contributed by atoms with Gasteiger partial charge in [-0.05, 0) is 73.6 Å². The highest BCUT2D eigenvalue weighted by Gasteiger charge is 2.28. The minimum atomic E-state index is 0.405. The number of fused-ring (bicyclic) bond motifs is 1. The van der Waals surface area contributed by atoms with Gasteiger partial charge in [-0.3, -0.25) is 0 Å². The first-order chi connectivity index (χ1) is 9.61. The first-order valence-corrected chi connectivity index (χ1v) is 8.19. The zero-order chi connectivity index (χ0) is 14.1. The molecule has 0 bridgehead atoms. The molecule has 2 aliphatic carbocycles. The molecular weight excluding hydrogens is 246 g/mol. The number of aromatic hydroxyl groups is 1. The highest BCUT2D eigenvalue weighted by molar-refractivity contribution is 5.38. The molecule has 0 saturated heterocycles. The molecule has 3 rings (SSSR count). The maximum atomic E-state index is 9.77. The molecular formula is C18H27NO. The second kappa shape index (κ2) is 5.77. The monoisotopic (exact) mass is 273 g/mol. The molecule has 0 amide bonds. The van der Waals surface area contributed by atoms with Crippen LogP contribution in [-0.2, 0) is 6.42 Å². The van der Waals surface area contributed by atoms with Gasteiger partial charge in [0, 0.05) is 12.1 Å². The maximum absolute atomic E-state index is 9.77. The van der Waals surface area contributed by atoms with Crippen molar-refractivity contribution in [1.82, 2.24) is 5.32 Å². The Bertz CT molecular complexity index is 460. The number of hydrogen-bond donors (Lipinski definition) is 2. The zero-order valence-electron chi connectivity index (χ0n) is 12.7. The molecule has 1 saturated carbocycles. The van der Waals surface area contributed by atoms with E-state index in [1.54, 1.807) is 0 Å². The molecule has 2 nitrogen and oxygen atoms in total. The number of nitrogens with one attached hydrogen (secondary N) is 1. The van der Waals surface area contributed by atoms with Crippen LogP contribution in [0.5, 0.6) is 5.75 Å². The Kier molecular flexibility index (Phi) is 4.02. The summed E-state index contributed by atoms with van der Waals surface area (Å²) in [6.45, 7) is 4.76. The van der Waals surface area contributed by atoms with Gasteiger partial charge in [-0.15, -0.1) is 0 Å². The molecule has 0 radical (unpaired) electrons. The van der Waals surface area contributed by atoms with Crippen LogP contribution in [0.15, 0.2) is 18.2 Å². The van der Waals surface area contributed by atoms with Crippen LogP contribution < -0.4 is 5.32 Å². The van der Waals surface area contributed by atoms with Crippen LogP contribution in [0.4, 0.5) is 0 Å². The van der Waals surface area contributed by atoms with Crippen LogP contribution in [0, 0.1) is 11.8 Å². The second-order valence-corrected chi connectivity index (χ2v) is 7.11. The number of rotatable bonds is 2. The van der Waals surface area contributed by atoms with Gasteiger partial charge in [0.05, 0.1) is 0 Å². The molecule has 2 aliphatic rings. The van der Waals surface area contributed by atoms with E-state index in [2.05, 4.69) is 25.2 Å². The van der Waals surface area contributed by atoms with E-state index in [9.17, 15) is 5.11 Å². The number of phenolic OH excluding ortho intramolecular Hbond substituents is 1. The fourth-order valence-electron chi connectivity index (χ4n) is 4.33. The Morgan fingerprint density at radius 3 is 2.60 bits per heavy atom. The summed E-state index contributed by atoms with van der Waals surface area (Å²) in [5.74, 6) is 2.08. The van der Waals surface area contributed by atoms with E-state index < -0.39 is 0 Å². The van der Waals surface area contributed by atoms with Crippen molar-refractivity contribution in [2.45, 2.75) is 64.5 Å². The van der Waals surface area contributed by atoms with Crippen molar-refractivity contribution in [3.63, 3.8) is 0 Å². The van der Waals surface area contributed by atoms with Crippen molar-refractivity contribution >= 4 is 0 Å². The van der Waals surface area contributed by atoms with Crippen LogP contribution >= 0.6 is 0 Å². The lowest BCUT2D eigenvalue weighted by molar-refractivity contribution is 0.220. The molecule has 110 valence electrons. The largest absolute Gasteiger partial charge is 0.508 e. The van der Waals surface area contributed by atoms with E-state index in [1.807, 2.05) is 12.1 Å². The van der Waals surface area contributed by atoms with E-state index in [0.717, 1.165) is 18.3 Å². The topological polar surface area (TPSA) is 32.3 Å². The summed E-state index contributed by atoms with van der Waals surface area (Å²) >= 11 is 0. The van der Waals surface area contributed by atoms with E-state index in [1.165, 1.54) is 43.2 Å². The Morgan fingerprint density at radius 1 is 1.10 bits per heavy atom. The first kappa shape index (κ1) is 13.9. The summed E-state index contributed by atoms with van der Waals surface area (Å²) in [5.41, 5.74) is 2.76. The predicted molar refractivity (Wildman–Crippen MR) is 82.9 cm³/mol. The molecule has 0 spiro atoms. The summed E-state index contributed by atoms with van der Waals surface area (Å²) < 4.78 is 0. The Labute approximate surface area is 122 Å². The van der Waals surface area contributed by atoms with Crippen LogP contribution in [0.3, 0.4) is 0 Å². The molecule has 3 unspecified atom stereocenters. The number of aryl methyl sites for hydroxylation is 1. The average Bonchev–Trinajstić information content (AvgIpc) is 2.38. The Hall–Kier alpha value is -1.02. The molecule has 1 fully saturated rings. The minimum absolute atomic E-state index is 0.405. The van der Waals surface area contributed by atoms with Crippen molar-refractivity contribution in [2.75, 3.05) is 0 Å². The fourth-order valence-corrected chi connectivity index (χ4v) is 4.33. The van der Waals surface area contributed by atoms with Gasteiger partial charge in [0.25, 0.3) is 0 Å². The predicted octanol–water partition coefficient (Wildman–Crippen LogP) is 4.18. The number of benzene rings is 1. The van der Waals surface area contributed by atoms with Gasteiger partial charge in [-0.1, -0.05) is 19.9 Å². The third-order valence-corrected chi connectivity index (χ3v) is 5.06. The normalized spacial score (nSPS) is 33.7. The lowest BCUT2D eigenvalue weighted by atomic mass is 9.79. The van der Waals surface area contributed by atoms with Crippen LogP contribution in [0.1, 0.15) is 63.1 Å². The van der Waals surface area contributed by atoms with Gasteiger partial charge in [0.2, 0.25) is 0 Å². The summed E-state index contributed by atoms with van der Waals surface area (Å²) in [6.07, 6.45) is 7.60. The van der Waals surface area contributed by atoms with Gasteiger partial charge in [0.1, 0.15) is 5.75 Å². The third-order valence-electron chi connectivity index (χ3n) is 5.06. The third kappa shape index (κ3) is 3.01. The standard InChI is InChI=1S/C18H27NO/c1-12-8-13(2)10-15(9-12)19-18-5-3-4-14-6-7-16(20)11-17(14)18/h6-7,11-13,15,18-20H,3-5,8-10H2,1-2H3. The molecule has 3 atom stereocenters. The van der Waals surface area contributed by atoms with E-state index >= 15 is 0 Å². The number of phenols is 1. The molecule has 1 aromatic carbocycles. The summed E-state index contributed by atoms with van der Waals surface area (Å²) in [6, 6.07) is 6.98. The second-order valence-electron chi connectivity index (χ2n) is 7.11. The van der Waals surface area contributed by atoms with Crippen LogP contribution in [0.25, 0.3) is 0 Å². The van der Waals surface area contributed by atoms with Crippen molar-refractivity contribution in [3.8, 4) is 5.75 Å². The van der Waals surface area contributed by atoms with E-state index in [4.69, 9.17) is 0 Å². The fraction of sp³-hybridized carbons (Fsp3) is 0.667. The van der Waals surface area contributed by atoms with Crippen molar-refractivity contribution in [3.05, 3.63) is 29.3 Å². The van der Waals surface area contributed by atoms with Gasteiger partial charge in [-0.25, -0.2) is 0 Å². The smallest absolute Gasteiger partial charge is 0.115 e. The van der Waals surface area contributed by atoms with Crippen LogP contribution in [-0.4, -0.2) is 11.1 Å². The lowest BCUT2D eigenvalue weighted by Crippen LogP contribution is -2.39. The highest BCUT2D eigenvalue weighted by atomic mass is 16.3. The zero-order valence-corrected chi connectivity index (χ0v) is 12.7. The van der Waals surface area contributed by atoms with E-state index in [0.29, 0.717) is 17.8 Å². The van der Waals surface area contributed by atoms with Gasteiger partial charge in [0.15, 0.2) is 0 Å². The summed E-state index contributed by atoms with van der Waals surface area (Å²) in [4.78, 5) is 0. The van der Waals surface area contributed by atoms with Crippen molar-refractivity contribution in [1.29, 1.82) is 0 Å². The van der Waals surface area contributed by atoms with E-state index in [-0.39, 0.29) is 0 Å². The Morgan fingerprint density at radius 2 is 1.85 bits per heavy atom. The van der Waals surface area contributed by atoms with Crippen molar-refractivity contribution < 1.29 is 5.11 Å². The average molecular weight is 273 g/mol. The number of hydrogen-bond acceptors (Lipinski definition) is 2. The molecule has 20 heavy (non-hydrogen) atoms. The maximum Gasteiger partial charge on any atom is 0.115 e. The molecule has 0 aliphatic heterocycles. The first-order valence-electron chi connectivity index (χ1n) is 8.19. The van der Waals surface area contributed by atoms with Gasteiger partial charge >= 0.3 is 0 Å². The summed E-state index contributed by atoms with van der Waals surface area (Å²) in [5, 5.41) is 13.7. The molecule has 0 aromatic heterocycles. The molecule has 0 heterocycles. The van der Waals surface area contributed by atoms with Crippen molar-refractivity contribution in [2.24, 2.45) is 11.8 Å². The Balaban J connectivity index is 1.74. The highest BCUT2D eigenvalue weighted by Crippen LogP contribution is 2.35. The molecule has 2 N–H and O–H groups in total. The molecule has 1 aromatic rings. The van der Waals surface area contributed by atoms with Gasteiger partial charge in [-0.2, -0.15) is 0 Å².